The molecule has 0 aromatic carbocycles. The van der Waals surface area contributed by atoms with E-state index in [1.165, 1.54) is 4.88 Å². The number of hydrogen-bond acceptors (Lipinski definition) is 4. The molecule has 0 saturated carbocycles. The Morgan fingerprint density at radius 1 is 1.36 bits per heavy atom. The summed E-state index contributed by atoms with van der Waals surface area (Å²) in [5.74, 6) is 0.763. The first-order valence-corrected chi connectivity index (χ1v) is 5.20. The van der Waals surface area contributed by atoms with Gasteiger partial charge in [-0.15, -0.1) is 11.3 Å². The third-order valence-electron chi connectivity index (χ3n) is 1.84. The van der Waals surface area contributed by atoms with E-state index >= 15 is 0 Å². The van der Waals surface area contributed by atoms with Gasteiger partial charge in [0.25, 0.3) is 0 Å². The summed E-state index contributed by atoms with van der Waals surface area (Å²) in [5, 5.41) is 10.9. The van der Waals surface area contributed by atoms with Crippen molar-refractivity contribution in [3.05, 3.63) is 46.2 Å². The van der Waals surface area contributed by atoms with E-state index in [-0.39, 0.29) is 6.61 Å². The molecule has 0 aliphatic carbocycles. The molecule has 72 valence electrons. The van der Waals surface area contributed by atoms with Crippen molar-refractivity contribution in [3.8, 4) is 0 Å². The fraction of sp³-hybridized carbons (Fsp3) is 0.200. The number of rotatable bonds is 3. The van der Waals surface area contributed by atoms with E-state index in [0.29, 0.717) is 5.69 Å². The van der Waals surface area contributed by atoms with Crippen LogP contribution in [-0.4, -0.2) is 15.1 Å². The largest absolute Gasteiger partial charge is 0.390 e. The van der Waals surface area contributed by atoms with Crippen LogP contribution in [0.25, 0.3) is 0 Å². The van der Waals surface area contributed by atoms with Crippen LogP contribution in [-0.2, 0) is 13.0 Å². The van der Waals surface area contributed by atoms with Gasteiger partial charge in [-0.1, -0.05) is 6.07 Å². The maximum Gasteiger partial charge on any atom is 0.133 e. The van der Waals surface area contributed by atoms with Gasteiger partial charge in [-0.05, 0) is 17.5 Å². The first-order chi connectivity index (χ1) is 6.88. The average molecular weight is 206 g/mol. The lowest BCUT2D eigenvalue weighted by atomic mass is 10.3. The summed E-state index contributed by atoms with van der Waals surface area (Å²) >= 11 is 1.69. The van der Waals surface area contributed by atoms with Gasteiger partial charge in [0.1, 0.15) is 5.82 Å². The van der Waals surface area contributed by atoms with Crippen LogP contribution in [0, 0.1) is 0 Å². The number of aliphatic hydroxyl groups is 1. The van der Waals surface area contributed by atoms with E-state index in [1.54, 1.807) is 23.6 Å². The van der Waals surface area contributed by atoms with Crippen LogP contribution >= 0.6 is 11.3 Å². The molecule has 3 nitrogen and oxygen atoms in total. The number of hydrogen-bond donors (Lipinski definition) is 1. The van der Waals surface area contributed by atoms with Crippen molar-refractivity contribution in [2.45, 2.75) is 13.0 Å². The Labute approximate surface area is 86.1 Å². The summed E-state index contributed by atoms with van der Waals surface area (Å²) in [6, 6.07) is 5.79. The molecule has 0 aliphatic rings. The molecule has 2 rings (SSSR count). The van der Waals surface area contributed by atoms with Crippen LogP contribution in [0.1, 0.15) is 16.4 Å². The predicted octanol–water partition coefficient (Wildman–Crippen LogP) is 1.62. The zero-order valence-electron chi connectivity index (χ0n) is 7.55. The Hall–Kier alpha value is -1.26. The fourth-order valence-corrected chi connectivity index (χ4v) is 1.88. The van der Waals surface area contributed by atoms with Crippen molar-refractivity contribution in [1.82, 2.24) is 9.97 Å². The maximum absolute atomic E-state index is 8.90. The third kappa shape index (κ3) is 2.16. The van der Waals surface area contributed by atoms with Crippen LogP contribution in [0.15, 0.2) is 29.8 Å². The molecule has 0 aliphatic heterocycles. The Kier molecular flexibility index (Phi) is 2.86. The molecule has 0 amide bonds. The highest BCUT2D eigenvalue weighted by atomic mass is 32.1. The van der Waals surface area contributed by atoms with Crippen molar-refractivity contribution in [3.63, 3.8) is 0 Å². The lowest BCUT2D eigenvalue weighted by Gasteiger charge is -1.99. The fourth-order valence-electron chi connectivity index (χ4n) is 1.18. The molecule has 0 bridgehead atoms. The minimum Gasteiger partial charge on any atom is -0.390 e. The van der Waals surface area contributed by atoms with E-state index in [1.807, 2.05) is 11.4 Å². The molecular formula is C10H10N2OS. The summed E-state index contributed by atoms with van der Waals surface area (Å²) < 4.78 is 0. The SMILES string of the molecule is OCc1ccnc(Cc2cccs2)n1. The van der Waals surface area contributed by atoms with Crippen LogP contribution in [0.3, 0.4) is 0 Å². The summed E-state index contributed by atoms with van der Waals surface area (Å²) in [7, 11) is 0. The van der Waals surface area contributed by atoms with E-state index in [9.17, 15) is 0 Å². The Morgan fingerprint density at radius 2 is 2.29 bits per heavy atom. The van der Waals surface area contributed by atoms with Gasteiger partial charge in [0, 0.05) is 17.5 Å². The highest BCUT2D eigenvalue weighted by Gasteiger charge is 2.00. The molecule has 14 heavy (non-hydrogen) atoms. The summed E-state index contributed by atoms with van der Waals surface area (Å²) in [4.78, 5) is 9.59. The Bertz CT molecular complexity index is 400. The van der Waals surface area contributed by atoms with Crippen LogP contribution in [0.2, 0.25) is 0 Å². The van der Waals surface area contributed by atoms with E-state index in [4.69, 9.17) is 5.11 Å². The van der Waals surface area contributed by atoms with Crippen LogP contribution in [0.5, 0.6) is 0 Å². The zero-order valence-corrected chi connectivity index (χ0v) is 8.37. The first kappa shape index (κ1) is 9.30. The van der Waals surface area contributed by atoms with E-state index in [2.05, 4.69) is 16.0 Å². The van der Waals surface area contributed by atoms with Crippen LogP contribution < -0.4 is 0 Å². The number of thiophene rings is 1. The zero-order chi connectivity index (χ0) is 9.80. The lowest BCUT2D eigenvalue weighted by molar-refractivity contribution is 0.276. The molecular weight excluding hydrogens is 196 g/mol. The molecule has 0 saturated heterocycles. The topological polar surface area (TPSA) is 46.0 Å². The summed E-state index contributed by atoms with van der Waals surface area (Å²) in [6.07, 6.45) is 2.42. The highest BCUT2D eigenvalue weighted by molar-refractivity contribution is 7.09. The second kappa shape index (κ2) is 4.30. The first-order valence-electron chi connectivity index (χ1n) is 4.32. The van der Waals surface area contributed by atoms with Gasteiger partial charge >= 0.3 is 0 Å². The van der Waals surface area contributed by atoms with Crippen molar-refractivity contribution in [1.29, 1.82) is 0 Å². The van der Waals surface area contributed by atoms with Crippen molar-refractivity contribution >= 4 is 11.3 Å². The van der Waals surface area contributed by atoms with Crippen molar-refractivity contribution < 1.29 is 5.11 Å². The number of aromatic nitrogens is 2. The number of nitrogens with zero attached hydrogens (tertiary/aromatic N) is 2. The minimum atomic E-state index is -0.0278. The smallest absolute Gasteiger partial charge is 0.133 e. The molecule has 2 aromatic rings. The Morgan fingerprint density at radius 3 is 3.00 bits per heavy atom. The molecule has 0 radical (unpaired) electrons. The standard InChI is InChI=1S/C10H10N2OS/c13-7-8-3-4-11-10(12-8)6-9-2-1-5-14-9/h1-5,13H,6-7H2. The molecule has 0 spiro atoms. The average Bonchev–Trinajstić information content (AvgIpc) is 2.71. The van der Waals surface area contributed by atoms with Gasteiger partial charge in [0.05, 0.1) is 12.3 Å². The third-order valence-corrected chi connectivity index (χ3v) is 2.71. The van der Waals surface area contributed by atoms with Gasteiger partial charge in [-0.3, -0.25) is 0 Å². The van der Waals surface area contributed by atoms with Crippen LogP contribution in [0.4, 0.5) is 0 Å². The monoisotopic (exact) mass is 206 g/mol. The normalized spacial score (nSPS) is 10.4. The number of aliphatic hydroxyl groups excluding tert-OH is 1. The second-order valence-corrected chi connectivity index (χ2v) is 3.91. The summed E-state index contributed by atoms with van der Waals surface area (Å²) in [5.41, 5.74) is 0.673. The molecule has 1 N–H and O–H groups in total. The quantitative estimate of drug-likeness (QED) is 0.830. The van der Waals surface area contributed by atoms with E-state index in [0.717, 1.165) is 12.2 Å². The van der Waals surface area contributed by atoms with Gasteiger partial charge < -0.3 is 5.11 Å². The lowest BCUT2D eigenvalue weighted by Crippen LogP contribution is -1.98. The minimum absolute atomic E-state index is 0.0278. The van der Waals surface area contributed by atoms with Gasteiger partial charge in [0.15, 0.2) is 0 Å². The van der Waals surface area contributed by atoms with Gasteiger partial charge in [-0.25, -0.2) is 9.97 Å². The summed E-state index contributed by atoms with van der Waals surface area (Å²) in [6.45, 7) is -0.0278. The van der Waals surface area contributed by atoms with Gasteiger partial charge in [0.2, 0.25) is 0 Å². The molecule has 0 fully saturated rings. The molecule has 0 atom stereocenters. The molecule has 2 aromatic heterocycles. The van der Waals surface area contributed by atoms with Crippen molar-refractivity contribution in [2.24, 2.45) is 0 Å². The highest BCUT2D eigenvalue weighted by Crippen LogP contribution is 2.12. The van der Waals surface area contributed by atoms with Crippen molar-refractivity contribution in [2.75, 3.05) is 0 Å². The maximum atomic E-state index is 8.90. The predicted molar refractivity (Wildman–Crippen MR) is 55.1 cm³/mol. The molecule has 2 heterocycles. The molecule has 0 unspecified atom stereocenters. The molecule has 4 heteroatoms. The van der Waals surface area contributed by atoms with Gasteiger partial charge in [-0.2, -0.15) is 0 Å². The Balaban J connectivity index is 2.17. The van der Waals surface area contributed by atoms with E-state index < -0.39 is 0 Å². The second-order valence-electron chi connectivity index (χ2n) is 2.88.